The Balaban J connectivity index is 1.03. The second-order valence-corrected chi connectivity index (χ2v) is 14.9. The molecule has 4 aliphatic carbocycles. The minimum Gasteiger partial charge on any atom is -0.478 e. The molecule has 0 spiro atoms. The van der Waals surface area contributed by atoms with E-state index in [2.05, 4.69) is 37.1 Å². The van der Waals surface area contributed by atoms with Gasteiger partial charge in [-0.1, -0.05) is 23.5 Å². The fourth-order valence-electron chi connectivity index (χ4n) is 9.11. The van der Waals surface area contributed by atoms with E-state index in [0.717, 1.165) is 56.5 Å². The third-order valence-corrected chi connectivity index (χ3v) is 11.7. The van der Waals surface area contributed by atoms with E-state index in [1.807, 2.05) is 55.7 Å². The molecule has 0 radical (unpaired) electrons. The molecule has 4 fully saturated rings. The lowest BCUT2D eigenvalue weighted by molar-refractivity contribution is -0.0638. The van der Waals surface area contributed by atoms with Gasteiger partial charge in [0, 0.05) is 29.6 Å². The molecule has 1 aromatic carbocycles. The van der Waals surface area contributed by atoms with Gasteiger partial charge in [0.05, 0.1) is 28.3 Å². The normalized spacial score (nSPS) is 23.5. The molecule has 10 rings (SSSR count). The summed E-state index contributed by atoms with van der Waals surface area (Å²) in [7, 11) is 0. The van der Waals surface area contributed by atoms with Gasteiger partial charge in [-0.2, -0.15) is 5.10 Å². The van der Waals surface area contributed by atoms with Crippen LogP contribution in [0.4, 0.5) is 10.9 Å². The summed E-state index contributed by atoms with van der Waals surface area (Å²) in [6.07, 6.45) is 13.5. The first-order valence-electron chi connectivity index (χ1n) is 16.1. The van der Waals surface area contributed by atoms with E-state index < -0.39 is 5.97 Å². The van der Waals surface area contributed by atoms with Gasteiger partial charge >= 0.3 is 5.97 Å². The van der Waals surface area contributed by atoms with Crippen LogP contribution in [0.3, 0.4) is 0 Å². The van der Waals surface area contributed by atoms with E-state index in [-0.39, 0.29) is 5.56 Å². The molecule has 4 aliphatic rings. The zero-order chi connectivity index (χ0) is 31.2. The first kappa shape index (κ1) is 27.7. The molecule has 0 unspecified atom stereocenters. The first-order chi connectivity index (χ1) is 22.3. The number of aromatic nitrogens is 7. The summed E-state index contributed by atoms with van der Waals surface area (Å²) in [6.45, 7) is 4.95. The number of carboxylic acids is 1. The molecular weight excluding hydrogens is 597 g/mol. The van der Waals surface area contributed by atoms with Crippen molar-refractivity contribution in [1.82, 2.24) is 34.3 Å². The van der Waals surface area contributed by atoms with Crippen molar-refractivity contribution in [3.05, 3.63) is 71.8 Å². The largest absolute Gasteiger partial charge is 0.478 e. The molecule has 6 aromatic rings. The summed E-state index contributed by atoms with van der Waals surface area (Å²) in [5.41, 5.74) is 6.42. The number of nitrogens with one attached hydrogen (secondary N) is 1. The third-order valence-electron chi connectivity index (χ3n) is 10.7. The SMILES string of the molecule is Cc1cc(-c2cnc3c(C(=O)O)c(-c4cnn(CC56CC7CC(CC(C7)C5)C6)c4C)ccn23)nnc1Nc1nc2ccccc2s1. The van der Waals surface area contributed by atoms with Gasteiger partial charge in [-0.3, -0.25) is 9.08 Å². The van der Waals surface area contributed by atoms with Gasteiger partial charge < -0.3 is 10.4 Å². The van der Waals surface area contributed by atoms with E-state index in [1.54, 1.807) is 21.9 Å². The number of carboxylic acid groups (broad SMARTS) is 1. The number of pyridine rings is 1. The fraction of sp³-hybridized carbons (Fsp3) is 0.371. The molecule has 0 saturated heterocycles. The van der Waals surface area contributed by atoms with Crippen molar-refractivity contribution >= 4 is 44.1 Å². The number of rotatable bonds is 7. The highest BCUT2D eigenvalue weighted by Gasteiger charge is 2.51. The Morgan fingerprint density at radius 3 is 2.50 bits per heavy atom. The number of aryl methyl sites for hydroxylation is 1. The van der Waals surface area contributed by atoms with Crippen molar-refractivity contribution in [3.63, 3.8) is 0 Å². The number of hydrogen-bond acceptors (Lipinski definition) is 8. The molecule has 2 N–H and O–H groups in total. The van der Waals surface area contributed by atoms with Crippen LogP contribution in [0.1, 0.15) is 60.1 Å². The lowest BCUT2D eigenvalue weighted by Gasteiger charge is -2.56. The molecule has 4 saturated carbocycles. The van der Waals surface area contributed by atoms with Crippen LogP contribution in [0.2, 0.25) is 0 Å². The molecular formula is C35H34N8O2S. The second kappa shape index (κ2) is 10.2. The quantitative estimate of drug-likeness (QED) is 0.185. The van der Waals surface area contributed by atoms with Crippen LogP contribution in [0.15, 0.2) is 55.0 Å². The van der Waals surface area contributed by atoms with Crippen molar-refractivity contribution in [2.45, 2.75) is 58.9 Å². The minimum atomic E-state index is -1.02. The lowest BCUT2D eigenvalue weighted by atomic mass is 9.49. The maximum absolute atomic E-state index is 12.8. The van der Waals surface area contributed by atoms with Gasteiger partial charge in [-0.25, -0.2) is 14.8 Å². The van der Waals surface area contributed by atoms with Crippen LogP contribution in [0, 0.1) is 37.0 Å². The van der Waals surface area contributed by atoms with Gasteiger partial charge in [0.25, 0.3) is 0 Å². The van der Waals surface area contributed by atoms with Gasteiger partial charge in [0.15, 0.2) is 16.6 Å². The Hall–Kier alpha value is -4.64. The number of fused-ring (bicyclic) bond motifs is 2. The first-order valence-corrected chi connectivity index (χ1v) is 16.9. The minimum absolute atomic E-state index is 0.157. The number of thiazole rings is 1. The highest BCUT2D eigenvalue weighted by molar-refractivity contribution is 7.22. The molecule has 0 amide bonds. The predicted octanol–water partition coefficient (Wildman–Crippen LogP) is 7.54. The average molecular weight is 631 g/mol. The van der Waals surface area contributed by atoms with E-state index in [0.29, 0.717) is 33.8 Å². The Bertz CT molecular complexity index is 2110. The molecule has 46 heavy (non-hydrogen) atoms. The topological polar surface area (TPSA) is 123 Å². The fourth-order valence-corrected chi connectivity index (χ4v) is 9.97. The Morgan fingerprint density at radius 1 is 1.02 bits per heavy atom. The number of anilines is 2. The predicted molar refractivity (Wildman–Crippen MR) is 177 cm³/mol. The molecule has 4 bridgehead atoms. The molecule has 0 aliphatic heterocycles. The Kier molecular flexibility index (Phi) is 6.12. The highest BCUT2D eigenvalue weighted by Crippen LogP contribution is 2.60. The van der Waals surface area contributed by atoms with Crippen LogP contribution in [0.25, 0.3) is 38.4 Å². The van der Waals surface area contributed by atoms with Crippen LogP contribution >= 0.6 is 11.3 Å². The maximum atomic E-state index is 12.8. The molecule has 232 valence electrons. The van der Waals surface area contributed by atoms with Gasteiger partial charge in [-0.05, 0) is 105 Å². The van der Waals surface area contributed by atoms with Crippen molar-refractivity contribution in [2.24, 2.45) is 23.2 Å². The monoisotopic (exact) mass is 630 g/mol. The molecule has 0 atom stereocenters. The summed E-state index contributed by atoms with van der Waals surface area (Å²) in [5.74, 6) is 2.21. The van der Waals surface area contributed by atoms with Crippen LogP contribution in [-0.2, 0) is 6.54 Å². The molecule has 5 heterocycles. The van der Waals surface area contributed by atoms with Gasteiger partial charge in [0.2, 0.25) is 0 Å². The van der Waals surface area contributed by atoms with Crippen molar-refractivity contribution in [1.29, 1.82) is 0 Å². The summed E-state index contributed by atoms with van der Waals surface area (Å²) in [6, 6.07) is 11.8. The van der Waals surface area contributed by atoms with Crippen LogP contribution in [-0.4, -0.2) is 45.4 Å². The van der Waals surface area contributed by atoms with Crippen molar-refractivity contribution < 1.29 is 9.90 Å². The van der Waals surface area contributed by atoms with Gasteiger partial charge in [0.1, 0.15) is 11.3 Å². The number of para-hydroxylation sites is 1. The molecule has 10 nitrogen and oxygen atoms in total. The number of benzene rings is 1. The van der Waals surface area contributed by atoms with E-state index in [9.17, 15) is 9.90 Å². The van der Waals surface area contributed by atoms with Crippen molar-refractivity contribution in [2.75, 3.05) is 5.32 Å². The highest BCUT2D eigenvalue weighted by atomic mass is 32.1. The summed E-state index contributed by atoms with van der Waals surface area (Å²) < 4.78 is 5.01. The average Bonchev–Trinajstić information content (AvgIpc) is 3.73. The lowest BCUT2D eigenvalue weighted by Crippen LogP contribution is -2.48. The second-order valence-electron chi connectivity index (χ2n) is 13.8. The van der Waals surface area contributed by atoms with E-state index in [1.165, 1.54) is 38.5 Å². The number of aromatic carboxylic acids is 1. The Labute approximate surface area is 269 Å². The zero-order valence-corrected chi connectivity index (χ0v) is 26.6. The zero-order valence-electron chi connectivity index (χ0n) is 25.8. The smallest absolute Gasteiger partial charge is 0.340 e. The summed E-state index contributed by atoms with van der Waals surface area (Å²) in [4.78, 5) is 22.0. The van der Waals surface area contributed by atoms with E-state index in [4.69, 9.17) is 5.10 Å². The molecule has 5 aromatic heterocycles. The number of nitrogens with zero attached hydrogens (tertiary/aromatic N) is 7. The van der Waals surface area contributed by atoms with Gasteiger partial charge in [-0.15, -0.1) is 10.2 Å². The van der Waals surface area contributed by atoms with Crippen LogP contribution < -0.4 is 5.32 Å². The Morgan fingerprint density at radius 2 is 1.78 bits per heavy atom. The number of carbonyl (C=O) groups is 1. The standard InChI is InChI=1S/C35H34N8O2S/c1-19-9-27(40-41-31(19)39-34-38-26-5-3-4-6-29(26)46-34)28-17-36-32-30(33(44)45)24(7-8-42(28)32)25-16-37-43(20(25)2)18-35-13-21-10-22(14-35)12-23(11-21)15-35/h3-9,16-17,21-23H,10-15,18H2,1-2H3,(H,44,45)(H,38,39,41). The number of imidazole rings is 1. The third kappa shape index (κ3) is 4.43. The summed E-state index contributed by atoms with van der Waals surface area (Å²) in [5, 5.41) is 28.3. The summed E-state index contributed by atoms with van der Waals surface area (Å²) >= 11 is 1.56. The number of hydrogen-bond donors (Lipinski definition) is 2. The maximum Gasteiger partial charge on any atom is 0.340 e. The van der Waals surface area contributed by atoms with E-state index >= 15 is 0 Å². The van der Waals surface area contributed by atoms with Crippen LogP contribution in [0.5, 0.6) is 0 Å². The molecule has 11 heteroatoms. The van der Waals surface area contributed by atoms with Crippen molar-refractivity contribution in [3.8, 4) is 22.5 Å².